The van der Waals surface area contributed by atoms with Crippen molar-refractivity contribution in [1.82, 2.24) is 20.2 Å². The fourth-order valence-corrected chi connectivity index (χ4v) is 5.08. The second-order valence-corrected chi connectivity index (χ2v) is 10.7. The third kappa shape index (κ3) is 6.74. The summed E-state index contributed by atoms with van der Waals surface area (Å²) < 4.78 is 5.36. The summed E-state index contributed by atoms with van der Waals surface area (Å²) in [6.45, 7) is 3.66. The number of nitrogens with zero attached hydrogens (tertiary/aromatic N) is 4. The zero-order valence-corrected chi connectivity index (χ0v) is 21.7. The number of ether oxygens (including phenoxy) is 1. The summed E-state index contributed by atoms with van der Waals surface area (Å²) in [6, 6.07) is 3.45. The minimum atomic E-state index is -0.339. The van der Waals surface area contributed by atoms with Crippen molar-refractivity contribution in [2.24, 2.45) is 11.8 Å². The first-order valence-corrected chi connectivity index (χ1v) is 13.0. The first-order chi connectivity index (χ1) is 16.8. The lowest BCUT2D eigenvalue weighted by Crippen LogP contribution is -2.14. The van der Waals surface area contributed by atoms with E-state index in [0.717, 1.165) is 23.0 Å². The van der Waals surface area contributed by atoms with E-state index < -0.39 is 0 Å². The summed E-state index contributed by atoms with van der Waals surface area (Å²) in [4.78, 5) is 21.0. The second kappa shape index (κ2) is 11.4. The number of amides is 1. The molecule has 8 nitrogen and oxygen atoms in total. The fraction of sp³-hybridized carbons (Fsp3) is 0.480. The molecule has 0 saturated heterocycles. The Hall–Kier alpha value is -2.62. The zero-order valence-electron chi connectivity index (χ0n) is 20.1. The molecule has 10 heteroatoms. The molecule has 1 amide bonds. The summed E-state index contributed by atoms with van der Waals surface area (Å²) in [5.74, 6) is 1.84. The predicted molar refractivity (Wildman–Crippen MR) is 137 cm³/mol. The molecule has 5 rings (SSSR count). The van der Waals surface area contributed by atoms with Crippen LogP contribution in [0.5, 0.6) is 5.75 Å². The number of aryl methyl sites for hydroxylation is 2. The van der Waals surface area contributed by atoms with E-state index in [1.165, 1.54) is 62.9 Å². The molecule has 0 radical (unpaired) electrons. The van der Waals surface area contributed by atoms with Crippen LogP contribution in [0.1, 0.15) is 59.6 Å². The number of hydrogen-bond donors (Lipinski definition) is 2. The van der Waals surface area contributed by atoms with Crippen LogP contribution in [0.25, 0.3) is 11.1 Å². The van der Waals surface area contributed by atoms with Crippen molar-refractivity contribution in [3.8, 4) is 16.9 Å². The van der Waals surface area contributed by atoms with E-state index >= 15 is 0 Å². The van der Waals surface area contributed by atoms with Crippen molar-refractivity contribution in [1.29, 1.82) is 0 Å². The number of pyridine rings is 2. The molecule has 2 unspecified atom stereocenters. The SMILES string of the molecule is COc1cnc(Cl)cc1-c1cc(C)ncc1C(=O)Nc1nnc(C)s1.OC1CCCC1CC1CC1. The number of methoxy groups -OCH3 is 1. The minimum absolute atomic E-state index is 0.0561. The first-order valence-electron chi connectivity index (χ1n) is 11.8. The van der Waals surface area contributed by atoms with Crippen LogP contribution in [-0.4, -0.2) is 44.4 Å². The molecule has 0 spiro atoms. The van der Waals surface area contributed by atoms with Crippen LogP contribution in [0, 0.1) is 25.7 Å². The molecule has 2 aliphatic rings. The van der Waals surface area contributed by atoms with Gasteiger partial charge in [0.1, 0.15) is 15.9 Å². The topological polar surface area (TPSA) is 110 Å². The van der Waals surface area contributed by atoms with E-state index in [0.29, 0.717) is 38.6 Å². The average Bonchev–Trinajstić information content (AvgIpc) is 3.43. The molecule has 2 aliphatic carbocycles. The largest absolute Gasteiger partial charge is 0.494 e. The van der Waals surface area contributed by atoms with E-state index in [9.17, 15) is 9.90 Å². The number of anilines is 1. The average molecular weight is 516 g/mol. The normalized spacial score (nSPS) is 19.1. The molecule has 2 saturated carbocycles. The Morgan fingerprint density at radius 2 is 1.94 bits per heavy atom. The van der Waals surface area contributed by atoms with Gasteiger partial charge < -0.3 is 9.84 Å². The predicted octanol–water partition coefficient (Wildman–Crippen LogP) is 5.47. The van der Waals surface area contributed by atoms with Crippen molar-refractivity contribution in [3.05, 3.63) is 45.9 Å². The van der Waals surface area contributed by atoms with Crippen LogP contribution >= 0.6 is 22.9 Å². The lowest BCUT2D eigenvalue weighted by Gasteiger charge is -2.13. The number of nitrogens with one attached hydrogen (secondary N) is 1. The lowest BCUT2D eigenvalue weighted by atomic mass is 9.99. The molecule has 186 valence electrons. The van der Waals surface area contributed by atoms with Crippen LogP contribution in [0.3, 0.4) is 0 Å². The number of aliphatic hydroxyl groups excluding tert-OH is 1. The minimum Gasteiger partial charge on any atom is -0.494 e. The highest BCUT2D eigenvalue weighted by atomic mass is 35.5. The molecule has 3 aromatic heterocycles. The highest BCUT2D eigenvalue weighted by Gasteiger charge is 2.31. The van der Waals surface area contributed by atoms with Gasteiger partial charge in [0.05, 0.1) is 25.0 Å². The monoisotopic (exact) mass is 515 g/mol. The smallest absolute Gasteiger partial charge is 0.259 e. The Bertz CT molecular complexity index is 1180. The Morgan fingerprint density at radius 1 is 1.14 bits per heavy atom. The lowest BCUT2D eigenvalue weighted by molar-refractivity contribution is 0.102. The first kappa shape index (κ1) is 25.5. The second-order valence-electron chi connectivity index (χ2n) is 9.10. The summed E-state index contributed by atoms with van der Waals surface area (Å²) in [5, 5.41) is 21.5. The molecule has 2 atom stereocenters. The molecule has 0 aromatic carbocycles. The van der Waals surface area contributed by atoms with E-state index in [2.05, 4.69) is 25.5 Å². The Balaban J connectivity index is 0.000000239. The summed E-state index contributed by atoms with van der Waals surface area (Å²) in [7, 11) is 1.53. The fourth-order valence-electron chi connectivity index (χ4n) is 4.34. The van der Waals surface area contributed by atoms with Gasteiger partial charge in [-0.15, -0.1) is 10.2 Å². The van der Waals surface area contributed by atoms with Gasteiger partial charge in [0.2, 0.25) is 5.13 Å². The molecule has 3 heterocycles. The molecule has 0 bridgehead atoms. The van der Waals surface area contributed by atoms with Crippen LogP contribution in [0.15, 0.2) is 24.5 Å². The van der Waals surface area contributed by atoms with Gasteiger partial charge in [-0.25, -0.2) is 4.98 Å². The van der Waals surface area contributed by atoms with Gasteiger partial charge in [-0.3, -0.25) is 15.1 Å². The number of hydrogen-bond acceptors (Lipinski definition) is 8. The van der Waals surface area contributed by atoms with Crippen LogP contribution in [-0.2, 0) is 0 Å². The van der Waals surface area contributed by atoms with E-state index in [1.54, 1.807) is 12.1 Å². The molecule has 2 N–H and O–H groups in total. The standard InChI is InChI=1S/C16H14ClN5O2S.C9H16O/c1-8-4-10(11-5-14(17)19-7-13(11)24-3)12(6-18-8)15(23)20-16-22-21-9(2)25-16;10-9-3-1-2-8(9)6-7-4-5-7/h4-7H,1-3H3,(H,20,22,23);7-10H,1-6H2. The summed E-state index contributed by atoms with van der Waals surface area (Å²) >= 11 is 7.32. The maximum atomic E-state index is 12.7. The van der Waals surface area contributed by atoms with Gasteiger partial charge >= 0.3 is 0 Å². The highest BCUT2D eigenvalue weighted by Crippen LogP contribution is 2.40. The van der Waals surface area contributed by atoms with E-state index in [4.69, 9.17) is 16.3 Å². The van der Waals surface area contributed by atoms with Crippen LogP contribution in [0.4, 0.5) is 5.13 Å². The third-order valence-electron chi connectivity index (χ3n) is 6.33. The van der Waals surface area contributed by atoms with Gasteiger partial charge in [-0.05, 0) is 57.1 Å². The van der Waals surface area contributed by atoms with Crippen molar-refractivity contribution >= 4 is 34.0 Å². The van der Waals surface area contributed by atoms with Gasteiger partial charge in [0.15, 0.2) is 0 Å². The van der Waals surface area contributed by atoms with E-state index in [1.807, 2.05) is 13.8 Å². The maximum absolute atomic E-state index is 12.7. The third-order valence-corrected chi connectivity index (χ3v) is 7.29. The Morgan fingerprint density at radius 3 is 2.57 bits per heavy atom. The summed E-state index contributed by atoms with van der Waals surface area (Å²) in [6.07, 6.45) is 10.9. The Kier molecular flexibility index (Phi) is 8.30. The summed E-state index contributed by atoms with van der Waals surface area (Å²) in [5.41, 5.74) is 2.44. The molecule has 2 fully saturated rings. The van der Waals surface area contributed by atoms with Gasteiger partial charge in [-0.2, -0.15) is 0 Å². The number of carbonyl (C=O) groups is 1. The molecular weight excluding hydrogens is 486 g/mol. The Labute approximate surface area is 214 Å². The maximum Gasteiger partial charge on any atom is 0.259 e. The number of rotatable bonds is 6. The molecule has 3 aromatic rings. The van der Waals surface area contributed by atoms with Crippen LogP contribution in [0.2, 0.25) is 5.15 Å². The number of halogens is 1. The number of aromatic nitrogens is 4. The van der Waals surface area contributed by atoms with Crippen molar-refractivity contribution in [2.45, 2.75) is 58.5 Å². The highest BCUT2D eigenvalue weighted by molar-refractivity contribution is 7.15. The van der Waals surface area contributed by atoms with E-state index in [-0.39, 0.29) is 12.0 Å². The van der Waals surface area contributed by atoms with Gasteiger partial charge in [0.25, 0.3) is 5.91 Å². The van der Waals surface area contributed by atoms with Crippen molar-refractivity contribution in [2.75, 3.05) is 12.4 Å². The van der Waals surface area contributed by atoms with Crippen LogP contribution < -0.4 is 10.1 Å². The molecular formula is C25H30ClN5O3S. The zero-order chi connectivity index (χ0) is 24.9. The van der Waals surface area contributed by atoms with Crippen molar-refractivity contribution in [3.63, 3.8) is 0 Å². The number of carbonyl (C=O) groups excluding carboxylic acids is 1. The van der Waals surface area contributed by atoms with Gasteiger partial charge in [-0.1, -0.05) is 42.2 Å². The quantitative estimate of drug-likeness (QED) is 0.418. The number of aliphatic hydroxyl groups is 1. The molecule has 0 aliphatic heterocycles. The molecule has 35 heavy (non-hydrogen) atoms. The van der Waals surface area contributed by atoms with Gasteiger partial charge in [0, 0.05) is 23.0 Å². The van der Waals surface area contributed by atoms with Crippen molar-refractivity contribution < 1.29 is 14.6 Å².